The average molecular weight is 486 g/mol. The summed E-state index contributed by atoms with van der Waals surface area (Å²) in [6, 6.07) is 7.77. The highest BCUT2D eigenvalue weighted by molar-refractivity contribution is 5.95. The number of rotatable bonds is 3. The molecule has 2 aliphatic heterocycles. The van der Waals surface area contributed by atoms with Crippen LogP contribution in [0.4, 0.5) is 13.2 Å². The summed E-state index contributed by atoms with van der Waals surface area (Å²) < 4.78 is 37.8. The molecule has 1 aromatic carbocycles. The van der Waals surface area contributed by atoms with Gasteiger partial charge in [0.25, 0.3) is 5.91 Å². The van der Waals surface area contributed by atoms with Crippen molar-refractivity contribution in [1.82, 2.24) is 15.1 Å². The van der Waals surface area contributed by atoms with Gasteiger partial charge in [-0.05, 0) is 38.9 Å². The quantitative estimate of drug-likeness (QED) is 0.681. The Morgan fingerprint density at radius 2 is 1.76 bits per heavy atom. The van der Waals surface area contributed by atoms with Gasteiger partial charge in [0.1, 0.15) is 11.6 Å². The van der Waals surface area contributed by atoms with Gasteiger partial charge in [0, 0.05) is 18.2 Å². The molecule has 1 saturated carbocycles. The van der Waals surface area contributed by atoms with E-state index < -0.39 is 12.1 Å². The number of nitrogens with zero attached hydrogens (tertiary/aromatic N) is 2. The predicted molar refractivity (Wildman–Crippen MR) is 116 cm³/mol. The minimum Gasteiger partial charge on any atom is -0.475 e. The molecule has 2 amide bonds. The Kier molecular flexibility index (Phi) is 7.87. The predicted octanol–water partition coefficient (Wildman–Crippen LogP) is 2.21. The number of amides is 2. The number of carbonyl (C=O) groups excluding carboxylic acids is 2. The topological polar surface area (TPSA) is 99.2 Å². The molecule has 1 aliphatic carbocycles. The van der Waals surface area contributed by atoms with E-state index in [4.69, 9.17) is 14.6 Å². The van der Waals surface area contributed by atoms with E-state index in [1.54, 1.807) is 0 Å². The molecule has 2 heterocycles. The molecule has 0 bridgehead atoms. The number of ether oxygens (including phenoxy) is 1. The molecule has 1 atom stereocenters. The number of carboxylic acids is 1. The van der Waals surface area contributed by atoms with Crippen molar-refractivity contribution in [2.24, 2.45) is 0 Å². The van der Waals surface area contributed by atoms with Crippen molar-refractivity contribution >= 4 is 17.8 Å². The summed E-state index contributed by atoms with van der Waals surface area (Å²) >= 11 is 0. The molecule has 1 spiro atoms. The lowest BCUT2D eigenvalue weighted by Gasteiger charge is -2.54. The second kappa shape index (κ2) is 10.3. The number of likely N-dealkylation sites (N-methyl/N-ethyl adjacent to an activating group) is 1. The second-order valence-electron chi connectivity index (χ2n) is 9.25. The van der Waals surface area contributed by atoms with E-state index in [1.807, 2.05) is 43.1 Å². The lowest BCUT2D eigenvalue weighted by molar-refractivity contribution is -0.192. The van der Waals surface area contributed by atoms with Gasteiger partial charge < -0.3 is 20.1 Å². The number of nitrogens with one attached hydrogen (secondary N) is 1. The third-order valence-corrected chi connectivity index (χ3v) is 6.37. The SMILES string of the molecule is Cc1cccc(C(=O)N2CC3(C2)CN(C)C(C(=O)NC2CCCC2)CO3)c1.O=C(O)C(F)(F)F. The molecule has 11 heteroatoms. The highest BCUT2D eigenvalue weighted by atomic mass is 19.4. The van der Waals surface area contributed by atoms with Gasteiger partial charge in [0.2, 0.25) is 5.91 Å². The first-order chi connectivity index (χ1) is 15.9. The minimum atomic E-state index is -5.08. The Labute approximate surface area is 196 Å². The number of likely N-dealkylation sites (tertiary alicyclic amines) is 1. The number of aryl methyl sites for hydroxylation is 1. The number of alkyl halides is 3. The third kappa shape index (κ3) is 6.26. The van der Waals surface area contributed by atoms with Crippen LogP contribution in [0.15, 0.2) is 24.3 Å². The number of carboxylic acid groups (broad SMARTS) is 1. The van der Waals surface area contributed by atoms with Crippen LogP contribution < -0.4 is 5.32 Å². The zero-order valence-corrected chi connectivity index (χ0v) is 19.2. The molecular formula is C23H30F3N3O5. The van der Waals surface area contributed by atoms with Gasteiger partial charge in [0.15, 0.2) is 0 Å². The highest BCUT2D eigenvalue weighted by Crippen LogP contribution is 2.32. The molecule has 2 saturated heterocycles. The van der Waals surface area contributed by atoms with E-state index in [9.17, 15) is 22.8 Å². The van der Waals surface area contributed by atoms with Crippen LogP contribution in [0.2, 0.25) is 0 Å². The smallest absolute Gasteiger partial charge is 0.475 e. The summed E-state index contributed by atoms with van der Waals surface area (Å²) in [5, 5.41) is 10.3. The molecule has 0 radical (unpaired) electrons. The molecule has 1 unspecified atom stereocenters. The fraction of sp³-hybridized carbons (Fsp3) is 0.609. The number of hydrogen-bond acceptors (Lipinski definition) is 5. The van der Waals surface area contributed by atoms with Gasteiger partial charge in [0.05, 0.1) is 19.7 Å². The van der Waals surface area contributed by atoms with Crippen LogP contribution in [0, 0.1) is 6.92 Å². The number of morpholine rings is 1. The van der Waals surface area contributed by atoms with Crippen LogP contribution >= 0.6 is 0 Å². The van der Waals surface area contributed by atoms with E-state index in [0.717, 1.165) is 24.0 Å². The highest BCUT2D eigenvalue weighted by Gasteiger charge is 2.51. The third-order valence-electron chi connectivity index (χ3n) is 6.37. The lowest BCUT2D eigenvalue weighted by atomic mass is 9.89. The van der Waals surface area contributed by atoms with E-state index >= 15 is 0 Å². The Hall–Kier alpha value is -2.66. The van der Waals surface area contributed by atoms with Gasteiger partial charge in [-0.15, -0.1) is 0 Å². The summed E-state index contributed by atoms with van der Waals surface area (Å²) in [4.78, 5) is 38.0. The zero-order valence-electron chi connectivity index (χ0n) is 19.2. The van der Waals surface area contributed by atoms with Gasteiger partial charge in [-0.3, -0.25) is 14.5 Å². The van der Waals surface area contributed by atoms with Gasteiger partial charge in [-0.1, -0.05) is 30.5 Å². The number of carbonyl (C=O) groups is 3. The fourth-order valence-corrected chi connectivity index (χ4v) is 4.58. The Bertz CT molecular complexity index is 911. The van der Waals surface area contributed by atoms with Crippen LogP contribution in [-0.4, -0.2) is 89.8 Å². The van der Waals surface area contributed by atoms with Crippen molar-refractivity contribution < 1.29 is 37.4 Å². The molecule has 0 aromatic heterocycles. The Morgan fingerprint density at radius 3 is 2.29 bits per heavy atom. The van der Waals surface area contributed by atoms with Crippen molar-refractivity contribution in [1.29, 1.82) is 0 Å². The van der Waals surface area contributed by atoms with Gasteiger partial charge in [-0.2, -0.15) is 13.2 Å². The van der Waals surface area contributed by atoms with Gasteiger partial charge in [-0.25, -0.2) is 4.79 Å². The molecule has 4 rings (SSSR count). The van der Waals surface area contributed by atoms with E-state index in [2.05, 4.69) is 10.2 Å². The standard InChI is InChI=1S/C21H29N3O3.C2HF3O2/c1-15-6-5-7-16(10-15)20(26)24-13-21(14-24)12-23(2)18(11-27-21)19(25)22-17-8-3-4-9-17;3-2(4,5)1(6)7/h5-7,10,17-18H,3-4,8-9,11-14H2,1-2H3,(H,22,25);(H,6,7). The van der Waals surface area contributed by atoms with Crippen molar-refractivity contribution in [2.75, 3.05) is 33.3 Å². The van der Waals surface area contributed by atoms with Crippen LogP contribution in [-0.2, 0) is 14.3 Å². The van der Waals surface area contributed by atoms with Gasteiger partial charge >= 0.3 is 12.1 Å². The lowest BCUT2D eigenvalue weighted by Crippen LogP contribution is -2.73. The average Bonchev–Trinajstić information content (AvgIpc) is 3.24. The maximum atomic E-state index is 12.6. The molecular weight excluding hydrogens is 455 g/mol. The number of halogens is 3. The van der Waals surface area contributed by atoms with Crippen molar-refractivity contribution in [2.45, 2.75) is 56.5 Å². The summed E-state index contributed by atoms with van der Waals surface area (Å²) in [7, 11) is 1.98. The first-order valence-electron chi connectivity index (χ1n) is 11.2. The van der Waals surface area contributed by atoms with Crippen molar-refractivity contribution in [3.8, 4) is 0 Å². The maximum absolute atomic E-state index is 12.6. The minimum absolute atomic E-state index is 0.0525. The van der Waals surface area contributed by atoms with E-state index in [-0.39, 0.29) is 23.5 Å². The molecule has 3 aliphatic rings. The monoisotopic (exact) mass is 485 g/mol. The molecule has 34 heavy (non-hydrogen) atoms. The van der Waals surface area contributed by atoms with Crippen LogP contribution in [0.5, 0.6) is 0 Å². The molecule has 2 N–H and O–H groups in total. The summed E-state index contributed by atoms with van der Waals surface area (Å²) in [5.74, 6) is -2.63. The van der Waals surface area contributed by atoms with Crippen molar-refractivity contribution in [3.05, 3.63) is 35.4 Å². The summed E-state index contributed by atoms with van der Waals surface area (Å²) in [6.45, 7) is 4.22. The molecule has 8 nitrogen and oxygen atoms in total. The molecule has 1 aromatic rings. The normalized spacial score (nSPS) is 22.5. The Morgan fingerprint density at radius 1 is 1.15 bits per heavy atom. The summed E-state index contributed by atoms with van der Waals surface area (Å²) in [5.41, 5.74) is 1.47. The number of aliphatic carboxylic acids is 1. The number of benzene rings is 1. The summed E-state index contributed by atoms with van der Waals surface area (Å²) in [6.07, 6.45) is -0.502. The molecule has 3 fully saturated rings. The van der Waals surface area contributed by atoms with E-state index in [1.165, 1.54) is 12.8 Å². The fourth-order valence-electron chi connectivity index (χ4n) is 4.58. The van der Waals surface area contributed by atoms with Crippen molar-refractivity contribution in [3.63, 3.8) is 0 Å². The van der Waals surface area contributed by atoms with Crippen LogP contribution in [0.1, 0.15) is 41.6 Å². The second-order valence-corrected chi connectivity index (χ2v) is 9.25. The largest absolute Gasteiger partial charge is 0.490 e. The molecule has 188 valence electrons. The first kappa shape index (κ1) is 26.0. The first-order valence-corrected chi connectivity index (χ1v) is 11.2. The van der Waals surface area contributed by atoms with Crippen LogP contribution in [0.3, 0.4) is 0 Å². The zero-order chi connectivity index (χ0) is 25.1. The number of hydrogen-bond donors (Lipinski definition) is 2. The van der Waals surface area contributed by atoms with Crippen LogP contribution in [0.25, 0.3) is 0 Å². The maximum Gasteiger partial charge on any atom is 0.490 e. The Balaban J connectivity index is 0.000000406. The van der Waals surface area contributed by atoms with E-state index in [0.29, 0.717) is 32.3 Å².